The lowest BCUT2D eigenvalue weighted by molar-refractivity contribution is -0.141. The minimum absolute atomic E-state index is 0.109. The zero-order valence-electron chi connectivity index (χ0n) is 23.4. The van der Waals surface area contributed by atoms with Gasteiger partial charge >= 0.3 is 5.97 Å². The van der Waals surface area contributed by atoms with Gasteiger partial charge in [-0.3, -0.25) is 4.79 Å². The molecule has 41 heavy (non-hydrogen) atoms. The molecule has 210 valence electrons. The van der Waals surface area contributed by atoms with Crippen molar-refractivity contribution in [2.45, 2.75) is 25.3 Å². The zero-order chi connectivity index (χ0) is 28.4. The van der Waals surface area contributed by atoms with Gasteiger partial charge in [0.1, 0.15) is 18.4 Å². The van der Waals surface area contributed by atoms with E-state index in [2.05, 4.69) is 34.5 Å². The van der Waals surface area contributed by atoms with E-state index in [0.717, 1.165) is 30.3 Å². The maximum atomic E-state index is 13.2. The van der Waals surface area contributed by atoms with Crippen LogP contribution >= 0.6 is 0 Å². The summed E-state index contributed by atoms with van der Waals surface area (Å²) in [5, 5.41) is 3.26. The van der Waals surface area contributed by atoms with E-state index in [1.54, 1.807) is 18.2 Å². The van der Waals surface area contributed by atoms with E-state index in [1.165, 1.54) is 25.6 Å². The van der Waals surface area contributed by atoms with Crippen LogP contribution in [0, 0.1) is 5.92 Å². The summed E-state index contributed by atoms with van der Waals surface area (Å²) < 4.78 is 11.2. The predicted molar refractivity (Wildman–Crippen MR) is 163 cm³/mol. The summed E-state index contributed by atoms with van der Waals surface area (Å²) in [5.41, 5.74) is 3.86. The smallest absolute Gasteiger partial charge is 0.328 e. The van der Waals surface area contributed by atoms with Gasteiger partial charge in [0.2, 0.25) is 0 Å². The number of anilines is 2. The Kier molecular flexibility index (Phi) is 9.32. The molecular weight excluding hydrogens is 512 g/mol. The molecule has 1 aliphatic carbocycles. The molecular formula is C35H36N2O4. The first kappa shape index (κ1) is 28.0. The number of ether oxygens (including phenoxy) is 2. The molecule has 0 amide bonds. The van der Waals surface area contributed by atoms with Gasteiger partial charge in [-0.05, 0) is 60.7 Å². The van der Waals surface area contributed by atoms with E-state index < -0.39 is 12.0 Å². The summed E-state index contributed by atoms with van der Waals surface area (Å²) in [5.74, 6) is 1.06. The second-order valence-electron chi connectivity index (χ2n) is 10.4. The van der Waals surface area contributed by atoms with E-state index >= 15 is 0 Å². The van der Waals surface area contributed by atoms with Gasteiger partial charge in [-0.15, -0.1) is 0 Å². The normalized spacial score (nSPS) is 13.2. The summed E-state index contributed by atoms with van der Waals surface area (Å²) in [4.78, 5) is 28.3. The number of benzene rings is 4. The van der Waals surface area contributed by atoms with Gasteiger partial charge in [-0.2, -0.15) is 0 Å². The fourth-order valence-corrected chi connectivity index (χ4v) is 4.88. The van der Waals surface area contributed by atoms with Gasteiger partial charge in [0, 0.05) is 35.5 Å². The average molecular weight is 549 g/mol. The van der Waals surface area contributed by atoms with Crippen LogP contribution in [0.15, 0.2) is 109 Å². The Morgan fingerprint density at radius 2 is 1.51 bits per heavy atom. The van der Waals surface area contributed by atoms with Crippen molar-refractivity contribution in [2.24, 2.45) is 5.92 Å². The maximum absolute atomic E-state index is 13.2. The molecule has 1 saturated carbocycles. The monoisotopic (exact) mass is 548 g/mol. The zero-order valence-corrected chi connectivity index (χ0v) is 23.4. The van der Waals surface area contributed by atoms with Crippen molar-refractivity contribution < 1.29 is 19.1 Å². The number of nitrogens with one attached hydrogen (secondary N) is 1. The fourth-order valence-electron chi connectivity index (χ4n) is 4.88. The number of methoxy groups -OCH3 is 1. The molecule has 1 atom stereocenters. The van der Waals surface area contributed by atoms with Crippen molar-refractivity contribution in [3.63, 3.8) is 0 Å². The lowest BCUT2D eigenvalue weighted by Crippen LogP contribution is -2.33. The van der Waals surface area contributed by atoms with Crippen LogP contribution in [0.5, 0.6) is 5.75 Å². The van der Waals surface area contributed by atoms with Gasteiger partial charge in [-0.1, -0.05) is 72.8 Å². The van der Waals surface area contributed by atoms with Crippen LogP contribution in [0.1, 0.15) is 34.3 Å². The third-order valence-electron chi connectivity index (χ3n) is 7.31. The van der Waals surface area contributed by atoms with Crippen LogP contribution in [0.3, 0.4) is 0 Å². The molecule has 1 aliphatic rings. The number of carbonyl (C=O) groups is 2. The molecule has 0 radical (unpaired) electrons. The highest BCUT2D eigenvalue weighted by Gasteiger charge is 2.25. The molecule has 4 aromatic rings. The minimum Gasteiger partial charge on any atom is -0.492 e. The van der Waals surface area contributed by atoms with Crippen molar-refractivity contribution in [1.29, 1.82) is 0 Å². The molecule has 0 saturated heterocycles. The molecule has 6 nitrogen and oxygen atoms in total. The second kappa shape index (κ2) is 13.7. The topological polar surface area (TPSA) is 67.9 Å². The molecule has 0 heterocycles. The molecule has 0 aromatic heterocycles. The van der Waals surface area contributed by atoms with Gasteiger partial charge in [0.15, 0.2) is 5.78 Å². The Balaban J connectivity index is 1.21. The Morgan fingerprint density at radius 3 is 2.20 bits per heavy atom. The first-order valence-corrected chi connectivity index (χ1v) is 14.2. The Morgan fingerprint density at radius 1 is 0.854 bits per heavy atom. The number of hydrogen-bond donors (Lipinski definition) is 1. The molecule has 1 N–H and O–H groups in total. The largest absolute Gasteiger partial charge is 0.492 e. The predicted octanol–water partition coefficient (Wildman–Crippen LogP) is 6.41. The van der Waals surface area contributed by atoms with Gasteiger partial charge in [0.05, 0.1) is 13.7 Å². The number of esters is 1. The third-order valence-corrected chi connectivity index (χ3v) is 7.31. The molecule has 0 spiro atoms. The maximum Gasteiger partial charge on any atom is 0.328 e. The summed E-state index contributed by atoms with van der Waals surface area (Å²) in [6.45, 7) is 2.46. The lowest BCUT2D eigenvalue weighted by atomic mass is 10.00. The highest BCUT2D eigenvalue weighted by Crippen LogP contribution is 2.31. The van der Waals surface area contributed by atoms with Crippen LogP contribution in [0.4, 0.5) is 11.4 Å². The number of rotatable bonds is 14. The van der Waals surface area contributed by atoms with Crippen molar-refractivity contribution in [3.8, 4) is 5.75 Å². The standard InChI is InChI=1S/C35H36N2O4/c1-40-35(39)33(36-32-15-9-8-14-31(32)34(38)28-10-4-2-5-11-28)24-26-18-20-30(21-19-26)41-23-22-37(25-27-16-17-27)29-12-6-3-7-13-29/h2-15,18-21,27,33,36H,16-17,22-25H2,1H3. The molecule has 6 heteroatoms. The Hall–Kier alpha value is -4.58. The fraction of sp³-hybridized carbons (Fsp3) is 0.257. The third kappa shape index (κ3) is 7.76. The number of nitrogens with zero attached hydrogens (tertiary/aromatic N) is 1. The summed E-state index contributed by atoms with van der Waals surface area (Å²) >= 11 is 0. The molecule has 5 rings (SSSR count). The van der Waals surface area contributed by atoms with Crippen molar-refractivity contribution in [1.82, 2.24) is 0 Å². The highest BCUT2D eigenvalue weighted by atomic mass is 16.5. The SMILES string of the molecule is COC(=O)C(Cc1ccc(OCCN(CC2CC2)c2ccccc2)cc1)Nc1ccccc1C(=O)c1ccccc1. The van der Waals surface area contributed by atoms with E-state index in [4.69, 9.17) is 9.47 Å². The molecule has 4 aromatic carbocycles. The summed E-state index contributed by atoms with van der Waals surface area (Å²) in [6.07, 6.45) is 3.01. The van der Waals surface area contributed by atoms with Crippen LogP contribution in [-0.2, 0) is 16.0 Å². The molecule has 1 fully saturated rings. The number of ketones is 1. The van der Waals surface area contributed by atoms with Gasteiger partial charge in [0.25, 0.3) is 0 Å². The first-order valence-electron chi connectivity index (χ1n) is 14.2. The van der Waals surface area contributed by atoms with Crippen molar-refractivity contribution >= 4 is 23.1 Å². The van der Waals surface area contributed by atoms with Crippen LogP contribution in [0.2, 0.25) is 0 Å². The number of carbonyl (C=O) groups excluding carboxylic acids is 2. The molecule has 0 bridgehead atoms. The molecule has 0 aliphatic heterocycles. The quantitative estimate of drug-likeness (QED) is 0.145. The van der Waals surface area contributed by atoms with Crippen molar-refractivity contribution in [3.05, 3.63) is 126 Å². The number of hydrogen-bond acceptors (Lipinski definition) is 6. The highest BCUT2D eigenvalue weighted by molar-refractivity contribution is 6.12. The Bertz CT molecular complexity index is 1420. The minimum atomic E-state index is -0.668. The van der Waals surface area contributed by atoms with Crippen LogP contribution in [0.25, 0.3) is 0 Å². The number of para-hydroxylation sites is 2. The Labute approximate surface area is 241 Å². The van der Waals surface area contributed by atoms with Crippen molar-refractivity contribution in [2.75, 3.05) is 37.0 Å². The first-order chi connectivity index (χ1) is 20.1. The van der Waals surface area contributed by atoms with E-state index in [1.807, 2.05) is 66.7 Å². The summed E-state index contributed by atoms with van der Waals surface area (Å²) in [7, 11) is 1.37. The summed E-state index contributed by atoms with van der Waals surface area (Å²) in [6, 6.07) is 34.0. The lowest BCUT2D eigenvalue weighted by Gasteiger charge is -2.25. The van der Waals surface area contributed by atoms with Gasteiger partial charge in [-0.25, -0.2) is 4.79 Å². The second-order valence-corrected chi connectivity index (χ2v) is 10.4. The van der Waals surface area contributed by atoms with Gasteiger partial charge < -0.3 is 19.7 Å². The average Bonchev–Trinajstić information content (AvgIpc) is 3.85. The van der Waals surface area contributed by atoms with E-state index in [-0.39, 0.29) is 5.78 Å². The van der Waals surface area contributed by atoms with Crippen LogP contribution in [-0.4, -0.2) is 44.6 Å². The van der Waals surface area contributed by atoms with E-state index in [9.17, 15) is 9.59 Å². The van der Waals surface area contributed by atoms with E-state index in [0.29, 0.717) is 29.8 Å². The molecule has 1 unspecified atom stereocenters. The van der Waals surface area contributed by atoms with Crippen LogP contribution < -0.4 is 15.0 Å².